The van der Waals surface area contributed by atoms with Crippen molar-refractivity contribution in [3.8, 4) is 0 Å². The highest BCUT2D eigenvalue weighted by atomic mass is 35.5. The Balaban J connectivity index is 2.33. The molecule has 0 saturated heterocycles. The lowest BCUT2D eigenvalue weighted by atomic mass is 10.4. The molecule has 10 heteroatoms. The lowest BCUT2D eigenvalue weighted by Crippen LogP contribution is -2.32. The molecule has 0 saturated carbocycles. The molecule has 112 valence electrons. The lowest BCUT2D eigenvalue weighted by molar-refractivity contribution is 0.367. The standard InChI is InChI=1S/C10H16ClN4O3PS/c1-12-10(15-19(16,17)18)14-5-6-20-7-9-8(11)3-2-4-13-9/h2-4H,5-7H2,1H3,(H4,12,14,15,16,17,18). The second kappa shape index (κ2) is 8.49. The first kappa shape index (κ1) is 17.3. The number of guanidine groups is 1. The number of nitrogens with zero attached hydrogens (tertiary/aromatic N) is 2. The summed E-state index contributed by atoms with van der Waals surface area (Å²) in [6, 6.07) is 3.55. The van der Waals surface area contributed by atoms with E-state index in [2.05, 4.69) is 15.3 Å². The fraction of sp³-hybridized carbons (Fsp3) is 0.400. The van der Waals surface area contributed by atoms with Crippen LogP contribution in [-0.4, -0.2) is 40.1 Å². The average Bonchev–Trinajstić information content (AvgIpc) is 2.37. The van der Waals surface area contributed by atoms with E-state index < -0.39 is 7.75 Å². The zero-order valence-electron chi connectivity index (χ0n) is 10.8. The van der Waals surface area contributed by atoms with Crippen molar-refractivity contribution < 1.29 is 14.4 Å². The van der Waals surface area contributed by atoms with Gasteiger partial charge in [-0.1, -0.05) is 11.6 Å². The number of nitrogens with one attached hydrogen (secondary N) is 2. The maximum absolute atomic E-state index is 10.7. The summed E-state index contributed by atoms with van der Waals surface area (Å²) < 4.78 is 10.7. The monoisotopic (exact) mass is 338 g/mol. The van der Waals surface area contributed by atoms with Crippen LogP contribution in [0.25, 0.3) is 0 Å². The number of aliphatic imine (C=N–C) groups is 1. The van der Waals surface area contributed by atoms with Crippen LogP contribution in [0.3, 0.4) is 0 Å². The minimum absolute atomic E-state index is 0.0646. The summed E-state index contributed by atoms with van der Waals surface area (Å²) >= 11 is 7.56. The van der Waals surface area contributed by atoms with Gasteiger partial charge in [-0.3, -0.25) is 15.1 Å². The maximum Gasteiger partial charge on any atom is 0.429 e. The van der Waals surface area contributed by atoms with Gasteiger partial charge in [0.1, 0.15) is 0 Å². The van der Waals surface area contributed by atoms with Crippen molar-refractivity contribution in [2.45, 2.75) is 5.75 Å². The average molecular weight is 339 g/mol. The Bertz CT molecular complexity index is 511. The molecule has 0 aliphatic rings. The first-order valence-electron chi connectivity index (χ1n) is 5.65. The van der Waals surface area contributed by atoms with Crippen molar-refractivity contribution in [3.63, 3.8) is 0 Å². The van der Waals surface area contributed by atoms with Crippen molar-refractivity contribution in [2.75, 3.05) is 19.3 Å². The molecule has 0 unspecified atom stereocenters. The van der Waals surface area contributed by atoms with E-state index in [1.54, 1.807) is 30.1 Å². The Morgan fingerprint density at radius 2 is 2.35 bits per heavy atom. The van der Waals surface area contributed by atoms with Gasteiger partial charge in [0.25, 0.3) is 0 Å². The molecule has 0 aliphatic heterocycles. The predicted octanol–water partition coefficient (Wildman–Crippen LogP) is 1.23. The van der Waals surface area contributed by atoms with Crippen LogP contribution in [0.2, 0.25) is 5.02 Å². The number of hydrogen-bond donors (Lipinski definition) is 4. The van der Waals surface area contributed by atoms with Gasteiger partial charge in [-0.05, 0) is 12.1 Å². The SMILES string of the molecule is CN/C(=N/CCSCc1ncccc1Cl)NP(=O)(O)O. The molecule has 0 spiro atoms. The Hall–Kier alpha value is -0.790. The Labute approximate surface area is 126 Å². The molecule has 0 amide bonds. The third-order valence-corrected chi connectivity index (χ3v) is 3.86. The van der Waals surface area contributed by atoms with Crippen LogP contribution in [0.1, 0.15) is 5.69 Å². The Kier molecular flexibility index (Phi) is 7.32. The second-order valence-electron chi connectivity index (χ2n) is 3.62. The van der Waals surface area contributed by atoms with Gasteiger partial charge in [0.15, 0.2) is 5.96 Å². The molecule has 20 heavy (non-hydrogen) atoms. The molecule has 0 aromatic carbocycles. The highest BCUT2D eigenvalue weighted by Crippen LogP contribution is 2.27. The summed E-state index contributed by atoms with van der Waals surface area (Å²) in [7, 11) is -2.80. The summed E-state index contributed by atoms with van der Waals surface area (Å²) in [5.41, 5.74) is 0.810. The number of thioether (sulfide) groups is 1. The van der Waals surface area contributed by atoms with E-state index in [9.17, 15) is 4.57 Å². The van der Waals surface area contributed by atoms with Crippen LogP contribution in [0.15, 0.2) is 23.3 Å². The van der Waals surface area contributed by atoms with E-state index in [-0.39, 0.29) is 5.96 Å². The van der Waals surface area contributed by atoms with E-state index in [0.717, 1.165) is 5.69 Å². The molecule has 4 N–H and O–H groups in total. The highest BCUT2D eigenvalue weighted by Gasteiger charge is 2.13. The molecule has 0 radical (unpaired) electrons. The van der Waals surface area contributed by atoms with E-state index in [1.165, 1.54) is 7.05 Å². The molecule has 0 fully saturated rings. The quantitative estimate of drug-likeness (QED) is 0.267. The van der Waals surface area contributed by atoms with Crippen molar-refractivity contribution in [1.29, 1.82) is 0 Å². The molecule has 1 heterocycles. The zero-order chi connectivity index (χ0) is 15.0. The molecule has 1 rings (SSSR count). The van der Waals surface area contributed by atoms with Crippen LogP contribution in [0.4, 0.5) is 0 Å². The molecule has 0 aliphatic carbocycles. The van der Waals surface area contributed by atoms with E-state index in [4.69, 9.17) is 21.4 Å². The number of halogens is 1. The molecule has 7 nitrogen and oxygen atoms in total. The van der Waals surface area contributed by atoms with Crippen molar-refractivity contribution in [2.24, 2.45) is 4.99 Å². The molecule has 0 bridgehead atoms. The van der Waals surface area contributed by atoms with E-state index in [0.29, 0.717) is 23.1 Å². The van der Waals surface area contributed by atoms with Crippen molar-refractivity contribution in [3.05, 3.63) is 29.0 Å². The summed E-state index contributed by atoms with van der Waals surface area (Å²) in [5, 5.41) is 5.19. The summed E-state index contributed by atoms with van der Waals surface area (Å²) in [5.74, 6) is 1.41. The smallest absolute Gasteiger partial charge is 0.359 e. The third kappa shape index (κ3) is 7.12. The van der Waals surface area contributed by atoms with Gasteiger partial charge < -0.3 is 15.1 Å². The van der Waals surface area contributed by atoms with Gasteiger partial charge in [0.05, 0.1) is 17.3 Å². The molecule has 0 atom stereocenters. The van der Waals surface area contributed by atoms with Crippen LogP contribution < -0.4 is 10.4 Å². The van der Waals surface area contributed by atoms with Crippen LogP contribution in [-0.2, 0) is 10.3 Å². The number of pyridine rings is 1. The van der Waals surface area contributed by atoms with Crippen LogP contribution >= 0.6 is 31.1 Å². The molecular weight excluding hydrogens is 323 g/mol. The second-order valence-corrected chi connectivity index (χ2v) is 6.44. The summed E-state index contributed by atoms with van der Waals surface area (Å²) in [4.78, 5) is 25.7. The minimum Gasteiger partial charge on any atom is -0.359 e. The van der Waals surface area contributed by atoms with E-state index >= 15 is 0 Å². The zero-order valence-corrected chi connectivity index (χ0v) is 13.3. The fourth-order valence-corrected chi connectivity index (χ4v) is 2.74. The number of rotatable bonds is 6. The topological polar surface area (TPSA) is 107 Å². The highest BCUT2D eigenvalue weighted by molar-refractivity contribution is 7.98. The largest absolute Gasteiger partial charge is 0.429 e. The summed E-state index contributed by atoms with van der Waals surface area (Å²) in [6.45, 7) is 0.415. The summed E-state index contributed by atoms with van der Waals surface area (Å²) in [6.07, 6.45) is 1.68. The minimum atomic E-state index is -4.33. The van der Waals surface area contributed by atoms with Gasteiger partial charge >= 0.3 is 7.75 Å². The fourth-order valence-electron chi connectivity index (χ4n) is 1.22. The van der Waals surface area contributed by atoms with Crippen molar-refractivity contribution in [1.82, 2.24) is 15.4 Å². The Morgan fingerprint density at radius 3 is 2.95 bits per heavy atom. The molecular formula is C10H16ClN4O3PS. The molecule has 1 aromatic heterocycles. The van der Waals surface area contributed by atoms with E-state index in [1.807, 2.05) is 5.09 Å². The first-order chi connectivity index (χ1) is 9.42. The molecule has 1 aromatic rings. The van der Waals surface area contributed by atoms with Crippen LogP contribution in [0, 0.1) is 0 Å². The maximum atomic E-state index is 10.7. The normalized spacial score (nSPS) is 12.3. The van der Waals surface area contributed by atoms with Gasteiger partial charge in [0, 0.05) is 24.8 Å². The first-order valence-corrected chi connectivity index (χ1v) is 8.80. The number of hydrogen-bond acceptors (Lipinski definition) is 4. The third-order valence-electron chi connectivity index (χ3n) is 2.07. The van der Waals surface area contributed by atoms with Gasteiger partial charge in [-0.25, -0.2) is 4.57 Å². The van der Waals surface area contributed by atoms with Gasteiger partial charge in [-0.15, -0.1) is 0 Å². The van der Waals surface area contributed by atoms with Gasteiger partial charge in [0.2, 0.25) is 0 Å². The Morgan fingerprint density at radius 1 is 1.60 bits per heavy atom. The number of aromatic nitrogens is 1. The van der Waals surface area contributed by atoms with Gasteiger partial charge in [-0.2, -0.15) is 11.8 Å². The van der Waals surface area contributed by atoms with Crippen LogP contribution in [0.5, 0.6) is 0 Å². The predicted molar refractivity (Wildman–Crippen MR) is 82.0 cm³/mol. The lowest BCUT2D eigenvalue weighted by Gasteiger charge is -2.09. The van der Waals surface area contributed by atoms with Crippen molar-refractivity contribution >= 4 is 37.1 Å².